The molecule has 1 heterocycles. The Bertz CT molecular complexity index is 1460. The Morgan fingerprint density at radius 1 is 0.857 bits per heavy atom. The number of aromatic nitrogens is 1. The maximum absolute atomic E-state index is 14.8. The molecule has 1 aliphatic rings. The van der Waals surface area contributed by atoms with Crippen LogP contribution >= 0.6 is 11.6 Å². The normalized spacial score (nSPS) is 13.8. The van der Waals surface area contributed by atoms with Crippen LogP contribution in [-0.2, 0) is 9.59 Å². The highest BCUT2D eigenvalue weighted by Crippen LogP contribution is 2.47. The van der Waals surface area contributed by atoms with Gasteiger partial charge in [0, 0.05) is 34.0 Å². The summed E-state index contributed by atoms with van der Waals surface area (Å²) >= 11 is 6.00. The fraction of sp³-hybridized carbons (Fsp3) is 0.115. The standard InChI is InChI=1S/C26H18ClF2N3O3/c27-15-1-7-19-21(13-15)30-12-9-22(19)35-23-8-6-18(14-20(23)29)32-25(34)26(10-11-26)24(33)31-17-4-2-16(28)3-5-17/h1-9,12-14H,10-11H2,(H,31,33)(H,32,34). The van der Waals surface area contributed by atoms with Gasteiger partial charge in [-0.25, -0.2) is 8.78 Å². The van der Waals surface area contributed by atoms with Crippen LogP contribution in [0, 0.1) is 17.0 Å². The van der Waals surface area contributed by atoms with Gasteiger partial charge in [0.15, 0.2) is 11.6 Å². The van der Waals surface area contributed by atoms with E-state index >= 15 is 0 Å². The monoisotopic (exact) mass is 493 g/mol. The second-order valence-electron chi connectivity index (χ2n) is 8.22. The van der Waals surface area contributed by atoms with Gasteiger partial charge in [-0.05, 0) is 73.5 Å². The molecule has 1 fully saturated rings. The molecule has 2 N–H and O–H groups in total. The molecular formula is C26H18ClF2N3O3. The molecule has 0 unspecified atom stereocenters. The van der Waals surface area contributed by atoms with Crippen molar-refractivity contribution in [1.29, 1.82) is 0 Å². The third-order valence-electron chi connectivity index (χ3n) is 5.80. The third kappa shape index (κ3) is 4.65. The summed E-state index contributed by atoms with van der Waals surface area (Å²) in [7, 11) is 0. The number of benzene rings is 3. The Morgan fingerprint density at radius 3 is 2.23 bits per heavy atom. The van der Waals surface area contributed by atoms with Crippen LogP contribution in [0.2, 0.25) is 5.02 Å². The lowest BCUT2D eigenvalue weighted by atomic mass is 10.0. The molecule has 0 atom stereocenters. The summed E-state index contributed by atoms with van der Waals surface area (Å²) in [6, 6.07) is 16.0. The van der Waals surface area contributed by atoms with Crippen molar-refractivity contribution in [3.63, 3.8) is 0 Å². The van der Waals surface area contributed by atoms with E-state index in [9.17, 15) is 18.4 Å². The van der Waals surface area contributed by atoms with Gasteiger partial charge in [0.1, 0.15) is 17.0 Å². The van der Waals surface area contributed by atoms with Gasteiger partial charge in [0.05, 0.1) is 5.52 Å². The third-order valence-corrected chi connectivity index (χ3v) is 6.03. The van der Waals surface area contributed by atoms with Crippen molar-refractivity contribution in [2.75, 3.05) is 10.6 Å². The lowest BCUT2D eigenvalue weighted by molar-refractivity contribution is -0.131. The van der Waals surface area contributed by atoms with Gasteiger partial charge in [-0.2, -0.15) is 0 Å². The lowest BCUT2D eigenvalue weighted by Gasteiger charge is -2.16. The molecule has 1 aromatic heterocycles. The van der Waals surface area contributed by atoms with Crippen LogP contribution in [0.25, 0.3) is 10.9 Å². The zero-order valence-electron chi connectivity index (χ0n) is 18.1. The van der Waals surface area contributed by atoms with Crippen LogP contribution in [0.5, 0.6) is 11.5 Å². The van der Waals surface area contributed by atoms with Crippen molar-refractivity contribution in [3.8, 4) is 11.5 Å². The Kier molecular flexibility index (Phi) is 5.82. The molecule has 0 bridgehead atoms. The van der Waals surface area contributed by atoms with Crippen LogP contribution < -0.4 is 15.4 Å². The molecule has 176 valence electrons. The molecule has 4 aromatic rings. The van der Waals surface area contributed by atoms with E-state index in [-0.39, 0.29) is 11.4 Å². The van der Waals surface area contributed by atoms with Gasteiger partial charge in [-0.15, -0.1) is 0 Å². The summed E-state index contributed by atoms with van der Waals surface area (Å²) in [6.07, 6.45) is 2.25. The lowest BCUT2D eigenvalue weighted by Crippen LogP contribution is -2.35. The highest BCUT2D eigenvalue weighted by molar-refractivity contribution is 6.31. The van der Waals surface area contributed by atoms with E-state index < -0.39 is 28.9 Å². The van der Waals surface area contributed by atoms with Gasteiger partial charge < -0.3 is 15.4 Å². The smallest absolute Gasteiger partial charge is 0.240 e. The summed E-state index contributed by atoms with van der Waals surface area (Å²) in [4.78, 5) is 29.8. The zero-order valence-corrected chi connectivity index (χ0v) is 18.9. The Labute approximate surface area is 203 Å². The van der Waals surface area contributed by atoms with Gasteiger partial charge in [0.2, 0.25) is 11.8 Å². The Morgan fingerprint density at radius 2 is 1.54 bits per heavy atom. The minimum atomic E-state index is -1.25. The summed E-state index contributed by atoms with van der Waals surface area (Å²) in [5.41, 5.74) is -0.0778. The average Bonchev–Trinajstić information content (AvgIpc) is 3.65. The number of rotatable bonds is 6. The van der Waals surface area contributed by atoms with E-state index in [0.717, 1.165) is 6.07 Å². The van der Waals surface area contributed by atoms with E-state index in [4.69, 9.17) is 16.3 Å². The van der Waals surface area contributed by atoms with Crippen molar-refractivity contribution >= 4 is 45.7 Å². The molecule has 0 spiro atoms. The number of anilines is 2. The van der Waals surface area contributed by atoms with Gasteiger partial charge in [0.25, 0.3) is 0 Å². The first-order valence-corrected chi connectivity index (χ1v) is 11.1. The average molecular weight is 494 g/mol. The van der Waals surface area contributed by atoms with E-state index in [1.54, 1.807) is 24.3 Å². The number of carbonyl (C=O) groups excluding carboxylic acids is 2. The molecule has 0 saturated heterocycles. The maximum atomic E-state index is 14.8. The molecule has 1 aliphatic carbocycles. The molecule has 1 saturated carbocycles. The van der Waals surface area contributed by atoms with Crippen molar-refractivity contribution in [3.05, 3.63) is 89.6 Å². The number of nitrogens with zero attached hydrogens (tertiary/aromatic N) is 1. The largest absolute Gasteiger partial charge is 0.454 e. The number of hydrogen-bond acceptors (Lipinski definition) is 4. The van der Waals surface area contributed by atoms with Gasteiger partial charge in [-0.1, -0.05) is 11.6 Å². The fourth-order valence-corrected chi connectivity index (χ4v) is 3.85. The summed E-state index contributed by atoms with van der Waals surface area (Å²) in [5, 5.41) is 6.42. The van der Waals surface area contributed by atoms with Crippen LogP contribution in [0.15, 0.2) is 72.9 Å². The minimum absolute atomic E-state index is 0.0411. The SMILES string of the molecule is O=C(Nc1ccc(F)cc1)C1(C(=O)Nc2ccc(Oc3ccnc4cc(Cl)ccc34)c(F)c2)CC1. The van der Waals surface area contributed by atoms with Crippen LogP contribution in [-0.4, -0.2) is 16.8 Å². The number of amides is 2. The molecule has 3 aromatic carbocycles. The summed E-state index contributed by atoms with van der Waals surface area (Å²) in [5.74, 6) is -1.80. The highest BCUT2D eigenvalue weighted by Gasteiger charge is 2.56. The first kappa shape index (κ1) is 22.7. The van der Waals surface area contributed by atoms with Gasteiger partial charge in [-0.3, -0.25) is 14.6 Å². The number of fused-ring (bicyclic) bond motifs is 1. The molecular weight excluding hydrogens is 476 g/mol. The van der Waals surface area contributed by atoms with E-state index in [1.165, 1.54) is 42.6 Å². The second kappa shape index (κ2) is 8.96. The number of ether oxygens (including phenoxy) is 1. The Balaban J connectivity index is 1.29. The quantitative estimate of drug-likeness (QED) is 0.308. The predicted octanol–water partition coefficient (Wildman–Crippen LogP) is 6.32. The van der Waals surface area contributed by atoms with Crippen molar-refractivity contribution < 1.29 is 23.1 Å². The Hall–Kier alpha value is -4.04. The van der Waals surface area contributed by atoms with Crippen molar-refractivity contribution in [2.45, 2.75) is 12.8 Å². The summed E-state index contributed by atoms with van der Waals surface area (Å²) in [6.45, 7) is 0. The molecule has 5 rings (SSSR count). The molecule has 0 radical (unpaired) electrons. The molecule has 9 heteroatoms. The predicted molar refractivity (Wildman–Crippen MR) is 129 cm³/mol. The second-order valence-corrected chi connectivity index (χ2v) is 8.65. The van der Waals surface area contributed by atoms with Crippen LogP contribution in [0.4, 0.5) is 20.2 Å². The number of carbonyl (C=O) groups is 2. The number of halogens is 3. The first-order valence-electron chi connectivity index (χ1n) is 10.7. The van der Waals surface area contributed by atoms with Crippen molar-refractivity contribution in [1.82, 2.24) is 4.98 Å². The fourth-order valence-electron chi connectivity index (χ4n) is 3.68. The first-order chi connectivity index (χ1) is 16.8. The minimum Gasteiger partial charge on any atom is -0.454 e. The maximum Gasteiger partial charge on any atom is 0.240 e. The van der Waals surface area contributed by atoms with E-state index in [1.807, 2.05) is 0 Å². The van der Waals surface area contributed by atoms with Crippen molar-refractivity contribution in [2.24, 2.45) is 5.41 Å². The van der Waals surface area contributed by atoms with E-state index in [0.29, 0.717) is 40.2 Å². The molecule has 2 amide bonds. The number of nitrogens with one attached hydrogen (secondary N) is 2. The topological polar surface area (TPSA) is 80.3 Å². The molecule has 6 nitrogen and oxygen atoms in total. The number of pyridine rings is 1. The van der Waals surface area contributed by atoms with Crippen LogP contribution in [0.1, 0.15) is 12.8 Å². The molecule has 35 heavy (non-hydrogen) atoms. The van der Waals surface area contributed by atoms with Crippen LogP contribution in [0.3, 0.4) is 0 Å². The number of hydrogen-bond donors (Lipinski definition) is 2. The zero-order chi connectivity index (χ0) is 24.6. The molecule has 0 aliphatic heterocycles. The summed E-state index contributed by atoms with van der Waals surface area (Å²) < 4.78 is 33.7. The van der Waals surface area contributed by atoms with Gasteiger partial charge >= 0.3 is 0 Å². The highest BCUT2D eigenvalue weighted by atomic mass is 35.5. The van der Waals surface area contributed by atoms with E-state index in [2.05, 4.69) is 15.6 Å².